The van der Waals surface area contributed by atoms with Crippen molar-refractivity contribution in [3.05, 3.63) is 29.8 Å². The number of hydrogen-bond acceptors (Lipinski definition) is 7. The van der Waals surface area contributed by atoms with Crippen molar-refractivity contribution in [2.45, 2.75) is 24.4 Å². The summed E-state index contributed by atoms with van der Waals surface area (Å²) in [6, 6.07) is 6.63. The van der Waals surface area contributed by atoms with Crippen molar-refractivity contribution in [2.75, 3.05) is 53.5 Å². The molecule has 150 valence electrons. The van der Waals surface area contributed by atoms with Crippen LogP contribution in [0.1, 0.15) is 10.4 Å². The molecule has 0 saturated carbocycles. The first-order valence-corrected chi connectivity index (χ1v) is 9.32. The standard InChI is InChI=1S/C19H29N3O5/c1-21-7-9-22(10-8-21)17-15(27-16(12-23)18(17)24)11-20-19(25)13-3-5-14(26-2)6-4-13/h3-6,15-18,23-24H,7-12H2,1-2H3,(H,20,25)/t15-,16+,17+,18-/m1/s1. The maximum atomic E-state index is 12.4. The van der Waals surface area contributed by atoms with E-state index in [1.807, 2.05) is 0 Å². The van der Waals surface area contributed by atoms with Gasteiger partial charge in [-0.15, -0.1) is 0 Å². The third-order valence-corrected chi connectivity index (χ3v) is 5.42. The smallest absolute Gasteiger partial charge is 0.251 e. The highest BCUT2D eigenvalue weighted by Crippen LogP contribution is 2.26. The topological polar surface area (TPSA) is 94.5 Å². The minimum Gasteiger partial charge on any atom is -0.497 e. The van der Waals surface area contributed by atoms with Gasteiger partial charge in [-0.1, -0.05) is 0 Å². The molecule has 2 saturated heterocycles. The molecule has 3 rings (SSSR count). The molecule has 0 bridgehead atoms. The number of methoxy groups -OCH3 is 1. The normalized spacial score (nSPS) is 29.6. The highest BCUT2D eigenvalue weighted by molar-refractivity contribution is 5.94. The highest BCUT2D eigenvalue weighted by Gasteiger charge is 2.46. The van der Waals surface area contributed by atoms with Crippen molar-refractivity contribution in [3.8, 4) is 5.75 Å². The zero-order chi connectivity index (χ0) is 19.4. The third-order valence-electron chi connectivity index (χ3n) is 5.42. The van der Waals surface area contributed by atoms with E-state index in [4.69, 9.17) is 9.47 Å². The fraction of sp³-hybridized carbons (Fsp3) is 0.632. The first-order valence-electron chi connectivity index (χ1n) is 9.32. The van der Waals surface area contributed by atoms with Crippen LogP contribution >= 0.6 is 0 Å². The Morgan fingerprint density at radius 2 is 1.89 bits per heavy atom. The molecule has 2 aliphatic rings. The zero-order valence-corrected chi connectivity index (χ0v) is 15.9. The lowest BCUT2D eigenvalue weighted by atomic mass is 10.0. The lowest BCUT2D eigenvalue weighted by Gasteiger charge is -2.39. The minimum atomic E-state index is -0.777. The third kappa shape index (κ3) is 4.59. The molecular formula is C19H29N3O5. The van der Waals surface area contributed by atoms with Gasteiger partial charge in [0.15, 0.2) is 0 Å². The molecule has 1 aromatic carbocycles. The summed E-state index contributed by atoms with van der Waals surface area (Å²) in [6.45, 7) is 3.50. The molecule has 27 heavy (non-hydrogen) atoms. The van der Waals surface area contributed by atoms with Crippen molar-refractivity contribution in [1.29, 1.82) is 0 Å². The predicted molar refractivity (Wildman–Crippen MR) is 99.9 cm³/mol. The van der Waals surface area contributed by atoms with Crippen molar-refractivity contribution in [2.24, 2.45) is 0 Å². The van der Waals surface area contributed by atoms with Crippen LogP contribution in [-0.4, -0.2) is 104 Å². The summed E-state index contributed by atoms with van der Waals surface area (Å²) in [5.41, 5.74) is 0.532. The first kappa shape index (κ1) is 20.0. The number of carbonyl (C=O) groups excluding carboxylic acids is 1. The molecule has 0 spiro atoms. The number of nitrogens with one attached hydrogen (secondary N) is 1. The lowest BCUT2D eigenvalue weighted by molar-refractivity contribution is -0.0209. The summed E-state index contributed by atoms with van der Waals surface area (Å²) in [4.78, 5) is 16.9. The van der Waals surface area contributed by atoms with Crippen LogP contribution < -0.4 is 10.1 Å². The molecule has 0 unspecified atom stereocenters. The summed E-state index contributed by atoms with van der Waals surface area (Å²) in [7, 11) is 3.65. The van der Waals surface area contributed by atoms with Crippen LogP contribution in [0.15, 0.2) is 24.3 Å². The molecule has 3 N–H and O–H groups in total. The number of rotatable bonds is 6. The summed E-state index contributed by atoms with van der Waals surface area (Å²) in [5, 5.41) is 23.0. The highest BCUT2D eigenvalue weighted by atomic mass is 16.5. The summed E-state index contributed by atoms with van der Waals surface area (Å²) in [5.74, 6) is 0.482. The number of aliphatic hydroxyl groups is 2. The van der Waals surface area contributed by atoms with Gasteiger partial charge in [0.25, 0.3) is 5.91 Å². The average molecular weight is 379 g/mol. The van der Waals surface area contributed by atoms with Crippen molar-refractivity contribution in [3.63, 3.8) is 0 Å². The van der Waals surface area contributed by atoms with Gasteiger partial charge in [-0.25, -0.2) is 0 Å². The van der Waals surface area contributed by atoms with Gasteiger partial charge in [0.2, 0.25) is 0 Å². The van der Waals surface area contributed by atoms with E-state index in [1.54, 1.807) is 31.4 Å². The second-order valence-electron chi connectivity index (χ2n) is 7.15. The van der Waals surface area contributed by atoms with Crippen LogP contribution in [0.4, 0.5) is 0 Å². The molecule has 2 fully saturated rings. The number of aliphatic hydroxyl groups excluding tert-OH is 2. The average Bonchev–Trinajstić information content (AvgIpc) is 3.02. The maximum Gasteiger partial charge on any atom is 0.251 e. The number of ether oxygens (including phenoxy) is 2. The van der Waals surface area contributed by atoms with Gasteiger partial charge < -0.3 is 29.9 Å². The van der Waals surface area contributed by atoms with E-state index in [1.165, 1.54) is 0 Å². The molecule has 0 radical (unpaired) electrons. The number of piperazine rings is 1. The number of benzene rings is 1. The van der Waals surface area contributed by atoms with Gasteiger partial charge in [0.1, 0.15) is 18.0 Å². The van der Waals surface area contributed by atoms with Gasteiger partial charge >= 0.3 is 0 Å². The Morgan fingerprint density at radius 3 is 2.48 bits per heavy atom. The Labute approximate surface area is 159 Å². The predicted octanol–water partition coefficient (Wildman–Crippen LogP) is -0.838. The largest absolute Gasteiger partial charge is 0.497 e. The van der Waals surface area contributed by atoms with Gasteiger partial charge in [0.05, 0.1) is 25.9 Å². The summed E-state index contributed by atoms with van der Waals surface area (Å²) in [6.07, 6.45) is -1.78. The number of hydrogen-bond donors (Lipinski definition) is 3. The van der Waals surface area contributed by atoms with Crippen molar-refractivity contribution in [1.82, 2.24) is 15.1 Å². The van der Waals surface area contributed by atoms with Crippen molar-refractivity contribution < 1.29 is 24.5 Å². The Kier molecular flexibility index (Phi) is 6.67. The van der Waals surface area contributed by atoms with E-state index in [0.717, 1.165) is 26.2 Å². The number of amides is 1. The molecule has 0 aliphatic carbocycles. The Morgan fingerprint density at radius 1 is 1.22 bits per heavy atom. The Hall–Kier alpha value is -1.71. The second kappa shape index (κ2) is 8.99. The summed E-state index contributed by atoms with van der Waals surface area (Å²) >= 11 is 0. The van der Waals surface area contributed by atoms with E-state index < -0.39 is 12.2 Å². The lowest BCUT2D eigenvalue weighted by Crippen LogP contribution is -2.56. The number of nitrogens with zero attached hydrogens (tertiary/aromatic N) is 2. The van der Waals surface area contributed by atoms with E-state index in [-0.39, 0.29) is 31.2 Å². The molecule has 8 heteroatoms. The Bertz CT molecular complexity index is 618. The van der Waals surface area contributed by atoms with Crippen LogP contribution in [0.2, 0.25) is 0 Å². The van der Waals surface area contributed by atoms with E-state index in [0.29, 0.717) is 11.3 Å². The van der Waals surface area contributed by atoms with E-state index in [9.17, 15) is 15.0 Å². The van der Waals surface area contributed by atoms with Crippen LogP contribution in [0.25, 0.3) is 0 Å². The molecule has 1 amide bonds. The molecule has 8 nitrogen and oxygen atoms in total. The van der Waals surface area contributed by atoms with Gasteiger partial charge in [-0.05, 0) is 31.3 Å². The van der Waals surface area contributed by atoms with Crippen LogP contribution in [-0.2, 0) is 4.74 Å². The Balaban J connectivity index is 1.62. The number of carbonyl (C=O) groups is 1. The van der Waals surface area contributed by atoms with Crippen molar-refractivity contribution >= 4 is 5.91 Å². The minimum absolute atomic E-state index is 0.208. The molecule has 4 atom stereocenters. The zero-order valence-electron chi connectivity index (χ0n) is 15.9. The fourth-order valence-electron chi connectivity index (χ4n) is 3.75. The van der Waals surface area contributed by atoms with Crippen LogP contribution in [0.5, 0.6) is 5.75 Å². The van der Waals surface area contributed by atoms with E-state index >= 15 is 0 Å². The van der Waals surface area contributed by atoms with Crippen LogP contribution in [0, 0.1) is 0 Å². The maximum absolute atomic E-state index is 12.4. The molecule has 1 aromatic rings. The van der Waals surface area contributed by atoms with Gasteiger partial charge in [-0.3, -0.25) is 9.69 Å². The quantitative estimate of drug-likeness (QED) is 0.593. The molecule has 2 heterocycles. The van der Waals surface area contributed by atoms with E-state index in [2.05, 4.69) is 22.2 Å². The monoisotopic (exact) mass is 379 g/mol. The SMILES string of the molecule is COc1ccc(C(=O)NC[C@H]2O[C@@H](CO)[C@@H](O)[C@H]2N2CCN(C)CC2)cc1. The second-order valence-corrected chi connectivity index (χ2v) is 7.15. The summed E-state index contributed by atoms with van der Waals surface area (Å²) < 4.78 is 11.0. The first-order chi connectivity index (χ1) is 13.0. The van der Waals surface area contributed by atoms with Gasteiger partial charge in [0, 0.05) is 38.3 Å². The molecule has 0 aromatic heterocycles. The fourth-order valence-corrected chi connectivity index (χ4v) is 3.75. The molecular weight excluding hydrogens is 350 g/mol. The van der Waals surface area contributed by atoms with Gasteiger partial charge in [-0.2, -0.15) is 0 Å². The number of likely N-dealkylation sites (N-methyl/N-ethyl adjacent to an activating group) is 1. The van der Waals surface area contributed by atoms with Crippen LogP contribution in [0.3, 0.4) is 0 Å². The molecule has 2 aliphatic heterocycles.